The van der Waals surface area contributed by atoms with Crippen molar-refractivity contribution in [1.29, 1.82) is 0 Å². The zero-order valence-corrected chi connectivity index (χ0v) is 16.9. The molecule has 1 saturated heterocycles. The first-order chi connectivity index (χ1) is 12.9. The number of likely N-dealkylation sites (tertiary alicyclic amines) is 1. The van der Waals surface area contributed by atoms with E-state index in [1.54, 1.807) is 39.0 Å². The quantitative estimate of drug-likeness (QED) is 0.747. The molecule has 3 atom stereocenters. The second kappa shape index (κ2) is 6.56. The van der Waals surface area contributed by atoms with E-state index in [-0.39, 0.29) is 24.0 Å². The highest BCUT2D eigenvalue weighted by Crippen LogP contribution is 2.46. The van der Waals surface area contributed by atoms with Gasteiger partial charge in [0.15, 0.2) is 11.3 Å². The number of carboxylic acids is 1. The lowest BCUT2D eigenvalue weighted by Crippen LogP contribution is -2.73. The largest absolute Gasteiger partial charge is 0.515 e. The number of hydrogen-bond donors (Lipinski definition) is 2. The Morgan fingerprint density at radius 2 is 1.79 bits per heavy atom. The van der Waals surface area contributed by atoms with E-state index >= 15 is 0 Å². The number of hydrogen-bond acceptors (Lipinski definition) is 5. The van der Waals surface area contributed by atoms with E-state index in [0.717, 1.165) is 0 Å². The number of para-hydroxylation sites is 2. The van der Waals surface area contributed by atoms with E-state index in [1.165, 1.54) is 6.92 Å². The molecule has 2 aromatic rings. The number of quaternary nitrogens is 1. The maximum absolute atomic E-state index is 12.3. The second-order valence-corrected chi connectivity index (χ2v) is 8.64. The number of aromatic nitrogens is 2. The van der Waals surface area contributed by atoms with Gasteiger partial charge >= 0.3 is 12.1 Å². The molecule has 3 rings (SSSR count). The highest BCUT2D eigenvalue weighted by Gasteiger charge is 2.70. The summed E-state index contributed by atoms with van der Waals surface area (Å²) in [5, 5.41) is 20.0. The van der Waals surface area contributed by atoms with Gasteiger partial charge in [-0.15, -0.1) is 0 Å². The number of ether oxygens (including phenoxy) is 1. The van der Waals surface area contributed by atoms with Gasteiger partial charge in [-0.05, 0) is 32.9 Å². The molecule has 1 aromatic heterocycles. The molecule has 8 nitrogen and oxygen atoms in total. The molecule has 3 unspecified atom stereocenters. The fourth-order valence-electron chi connectivity index (χ4n) is 4.29. The molecule has 9 heteroatoms. The molecule has 1 fully saturated rings. The highest BCUT2D eigenvalue weighted by atomic mass is 35.5. The van der Waals surface area contributed by atoms with Crippen molar-refractivity contribution in [2.24, 2.45) is 0 Å². The van der Waals surface area contributed by atoms with Gasteiger partial charge in [0.25, 0.3) is 5.88 Å². The third kappa shape index (κ3) is 2.87. The van der Waals surface area contributed by atoms with E-state index in [1.807, 2.05) is 6.07 Å². The predicted octanol–water partition coefficient (Wildman–Crippen LogP) is 3.57. The molecule has 2 N–H and O–H groups in total. The van der Waals surface area contributed by atoms with Gasteiger partial charge in [0.2, 0.25) is 5.54 Å². The summed E-state index contributed by atoms with van der Waals surface area (Å²) in [5.74, 6) is -1.12. The summed E-state index contributed by atoms with van der Waals surface area (Å²) in [7, 11) is 0. The van der Waals surface area contributed by atoms with Crippen LogP contribution in [0.3, 0.4) is 0 Å². The monoisotopic (exact) mass is 408 g/mol. The predicted molar refractivity (Wildman–Crippen MR) is 103 cm³/mol. The van der Waals surface area contributed by atoms with Crippen molar-refractivity contribution in [3.05, 3.63) is 29.4 Å². The molecule has 28 heavy (non-hydrogen) atoms. The minimum absolute atomic E-state index is 0.00324. The van der Waals surface area contributed by atoms with Gasteiger partial charge in [0.1, 0.15) is 12.1 Å². The van der Waals surface area contributed by atoms with Gasteiger partial charge in [-0.3, -0.25) is 0 Å². The van der Waals surface area contributed by atoms with Crippen molar-refractivity contribution in [3.63, 3.8) is 0 Å². The maximum atomic E-state index is 12.3. The smallest absolute Gasteiger partial charge is 0.477 e. The molecule has 0 saturated carbocycles. The number of carbonyl (C=O) groups is 2. The molecule has 2 heterocycles. The van der Waals surface area contributed by atoms with Crippen LogP contribution in [-0.4, -0.2) is 60.5 Å². The number of amides is 1. The molecule has 0 bridgehead atoms. The van der Waals surface area contributed by atoms with Crippen LogP contribution in [0.4, 0.5) is 4.79 Å². The summed E-state index contributed by atoms with van der Waals surface area (Å²) in [5.41, 5.74) is -1.27. The van der Waals surface area contributed by atoms with Crippen LogP contribution in [0.5, 0.6) is 5.88 Å². The van der Waals surface area contributed by atoms with Gasteiger partial charge < -0.3 is 14.9 Å². The average molecular weight is 409 g/mol. The van der Waals surface area contributed by atoms with Crippen LogP contribution in [0.25, 0.3) is 11.0 Å². The van der Waals surface area contributed by atoms with Gasteiger partial charge in [-0.1, -0.05) is 23.7 Å². The molecule has 0 spiro atoms. The van der Waals surface area contributed by atoms with E-state index in [2.05, 4.69) is 9.97 Å². The molecule has 1 aliphatic rings. The lowest BCUT2D eigenvalue weighted by molar-refractivity contribution is -0.929. The van der Waals surface area contributed by atoms with Crippen molar-refractivity contribution in [1.82, 2.24) is 9.97 Å². The van der Waals surface area contributed by atoms with Gasteiger partial charge in [-0.25, -0.2) is 19.2 Å². The lowest BCUT2D eigenvalue weighted by atomic mass is 9.90. The Labute approximate surface area is 167 Å². The first-order valence-corrected chi connectivity index (χ1v) is 9.24. The van der Waals surface area contributed by atoms with E-state index in [4.69, 9.17) is 16.3 Å². The van der Waals surface area contributed by atoms with E-state index in [9.17, 15) is 19.8 Å². The molecule has 1 aromatic carbocycles. The SMILES string of the molecule is CC(C)(C)[N+]1(C(=O)O)CC(Oc2nc3ccccc3nc2Cl)CC1(C)C(=O)O. The van der Waals surface area contributed by atoms with Crippen molar-refractivity contribution < 1.29 is 29.0 Å². The Balaban J connectivity index is 2.03. The highest BCUT2D eigenvalue weighted by molar-refractivity contribution is 6.31. The zero-order valence-electron chi connectivity index (χ0n) is 16.1. The minimum atomic E-state index is -1.58. The van der Waals surface area contributed by atoms with Crippen molar-refractivity contribution in [2.45, 2.75) is 51.3 Å². The number of benzene rings is 1. The number of fused-ring (bicyclic) bond motifs is 1. The van der Waals surface area contributed by atoms with Gasteiger partial charge in [-0.2, -0.15) is 4.79 Å². The summed E-state index contributed by atoms with van der Waals surface area (Å²) in [4.78, 5) is 33.1. The van der Waals surface area contributed by atoms with Gasteiger partial charge in [0, 0.05) is 6.92 Å². The molecular formula is C19H23ClN3O5+. The molecular weight excluding hydrogens is 386 g/mol. The number of rotatable bonds is 3. The molecule has 1 aliphatic heterocycles. The zero-order chi connectivity index (χ0) is 20.9. The molecule has 0 radical (unpaired) electrons. The van der Waals surface area contributed by atoms with Crippen molar-refractivity contribution in [3.8, 4) is 5.88 Å². The van der Waals surface area contributed by atoms with Crippen LogP contribution in [0.15, 0.2) is 24.3 Å². The van der Waals surface area contributed by atoms with E-state index < -0.39 is 33.7 Å². The Kier molecular flexibility index (Phi) is 4.75. The number of carboxylic acid groups (broad SMARTS) is 2. The first-order valence-electron chi connectivity index (χ1n) is 8.86. The molecule has 150 valence electrons. The number of aliphatic carboxylic acids is 1. The van der Waals surface area contributed by atoms with Crippen molar-refractivity contribution in [2.75, 3.05) is 6.54 Å². The van der Waals surface area contributed by atoms with E-state index in [0.29, 0.717) is 11.0 Å². The summed E-state index contributed by atoms with van der Waals surface area (Å²) in [6.07, 6.45) is -1.92. The Hall–Kier alpha value is -2.45. The van der Waals surface area contributed by atoms with Crippen LogP contribution in [0, 0.1) is 0 Å². The standard InChI is InChI=1S/C19H22ClN3O5/c1-18(2,3)23(17(26)27)10-11(9-19(23,4)16(24)25)28-15-14(20)21-12-7-5-6-8-13(12)22-15/h5-8,11H,9-10H2,1-4H3,(H-,24,25,26,27)/p+1. The third-order valence-corrected chi connectivity index (χ3v) is 5.90. The van der Waals surface area contributed by atoms with Crippen LogP contribution < -0.4 is 4.74 Å². The third-order valence-electron chi connectivity index (χ3n) is 5.65. The summed E-state index contributed by atoms with van der Waals surface area (Å²) < 4.78 is 5.24. The van der Waals surface area contributed by atoms with Crippen LogP contribution in [0.1, 0.15) is 34.1 Å². The maximum Gasteiger partial charge on any atom is 0.515 e. The summed E-state index contributed by atoms with van der Waals surface area (Å²) in [6.45, 7) is 6.56. The van der Waals surface area contributed by atoms with Crippen LogP contribution >= 0.6 is 11.6 Å². The fraction of sp³-hybridized carbons (Fsp3) is 0.474. The van der Waals surface area contributed by atoms with Crippen LogP contribution in [-0.2, 0) is 4.79 Å². The fourth-order valence-corrected chi connectivity index (χ4v) is 4.46. The normalized spacial score (nSPS) is 27.7. The number of halogens is 1. The summed E-state index contributed by atoms with van der Waals surface area (Å²) >= 11 is 6.20. The number of nitrogens with zero attached hydrogens (tertiary/aromatic N) is 3. The molecule has 0 aliphatic carbocycles. The second-order valence-electron chi connectivity index (χ2n) is 8.28. The van der Waals surface area contributed by atoms with Crippen LogP contribution in [0.2, 0.25) is 5.15 Å². The Bertz CT molecular complexity index is 960. The first kappa shape index (κ1) is 20.3. The van der Waals surface area contributed by atoms with Gasteiger partial charge in [0.05, 0.1) is 17.5 Å². The lowest BCUT2D eigenvalue weighted by Gasteiger charge is -2.47. The Morgan fingerprint density at radius 3 is 2.25 bits per heavy atom. The molecule has 1 amide bonds. The topological polar surface area (TPSA) is 110 Å². The summed E-state index contributed by atoms with van der Waals surface area (Å²) in [6, 6.07) is 7.14. The van der Waals surface area contributed by atoms with Crippen molar-refractivity contribution >= 4 is 34.7 Å². The minimum Gasteiger partial charge on any atom is -0.477 e. The Morgan fingerprint density at radius 1 is 1.21 bits per heavy atom. The average Bonchev–Trinajstić information content (AvgIpc) is 2.90.